The minimum Gasteiger partial charge on any atom is -0.315 e. The summed E-state index contributed by atoms with van der Waals surface area (Å²) in [6, 6.07) is 0. The van der Waals surface area contributed by atoms with Gasteiger partial charge in [0.05, 0.1) is 11.2 Å². The van der Waals surface area contributed by atoms with Crippen molar-refractivity contribution >= 4 is 23.2 Å². The van der Waals surface area contributed by atoms with Crippen LogP contribution >= 0.6 is 11.6 Å². The Hall–Kier alpha value is -2.16. The Kier molecular flexibility index (Phi) is 4.36. The van der Waals surface area contributed by atoms with Crippen molar-refractivity contribution in [3.8, 4) is 0 Å². The van der Waals surface area contributed by atoms with E-state index in [2.05, 4.69) is 5.10 Å². The van der Waals surface area contributed by atoms with Crippen molar-refractivity contribution in [1.29, 1.82) is 0 Å². The van der Waals surface area contributed by atoms with Gasteiger partial charge in [0.15, 0.2) is 23.3 Å². The number of benzene rings is 1. The van der Waals surface area contributed by atoms with Gasteiger partial charge in [0, 0.05) is 6.54 Å². The zero-order chi connectivity index (χ0) is 16.6. The lowest BCUT2D eigenvalue weighted by molar-refractivity contribution is 0.101. The summed E-state index contributed by atoms with van der Waals surface area (Å²) < 4.78 is 67.1. The summed E-state index contributed by atoms with van der Waals surface area (Å²) >= 11 is 5.71. The molecule has 1 heterocycles. The van der Waals surface area contributed by atoms with E-state index >= 15 is 0 Å². The first-order chi connectivity index (χ1) is 10.3. The van der Waals surface area contributed by atoms with Crippen LogP contribution in [0.3, 0.4) is 0 Å². The molecule has 2 aromatic rings. The van der Waals surface area contributed by atoms with Gasteiger partial charge in [-0.05, 0) is 6.92 Å². The molecule has 0 bridgehead atoms. The first kappa shape index (κ1) is 16.2. The first-order valence-electron chi connectivity index (χ1n) is 5.83. The number of amides is 1. The number of aryl methyl sites for hydroxylation is 1. The topological polar surface area (TPSA) is 46.9 Å². The third-order valence-electron chi connectivity index (χ3n) is 2.76. The van der Waals surface area contributed by atoms with Gasteiger partial charge in [-0.15, -0.1) is 0 Å². The van der Waals surface area contributed by atoms with Gasteiger partial charge in [-0.3, -0.25) is 9.48 Å². The zero-order valence-electron chi connectivity index (χ0n) is 10.9. The van der Waals surface area contributed by atoms with Gasteiger partial charge in [-0.2, -0.15) is 5.10 Å². The standard InChI is InChI=1S/C12H7ClF5N3O/c1-2-21-11(4(13)3-19-21)12(22)20-10-8(17)6(15)5(14)7(16)9(10)18/h3H,2H2,1H3,(H,20,22). The average molecular weight is 340 g/mol. The first-order valence-corrected chi connectivity index (χ1v) is 6.21. The molecule has 4 nitrogen and oxygen atoms in total. The van der Waals surface area contributed by atoms with Crippen molar-refractivity contribution < 1.29 is 26.7 Å². The van der Waals surface area contributed by atoms with Crippen LogP contribution in [-0.4, -0.2) is 15.7 Å². The maximum Gasteiger partial charge on any atom is 0.275 e. The van der Waals surface area contributed by atoms with Crippen molar-refractivity contribution in [3.63, 3.8) is 0 Å². The number of hydrogen-bond acceptors (Lipinski definition) is 2. The molecule has 1 amide bonds. The number of anilines is 1. The Morgan fingerprint density at radius 2 is 1.64 bits per heavy atom. The zero-order valence-corrected chi connectivity index (χ0v) is 11.6. The molecular formula is C12H7ClF5N3O. The predicted octanol–water partition coefficient (Wildman–Crippen LogP) is 3.50. The van der Waals surface area contributed by atoms with Crippen molar-refractivity contribution in [1.82, 2.24) is 9.78 Å². The molecule has 0 aliphatic heterocycles. The van der Waals surface area contributed by atoms with E-state index in [1.807, 2.05) is 0 Å². The van der Waals surface area contributed by atoms with Gasteiger partial charge >= 0.3 is 0 Å². The van der Waals surface area contributed by atoms with E-state index in [9.17, 15) is 26.7 Å². The van der Waals surface area contributed by atoms with Crippen LogP contribution < -0.4 is 5.32 Å². The van der Waals surface area contributed by atoms with Crippen LogP contribution in [0.4, 0.5) is 27.6 Å². The van der Waals surface area contributed by atoms with E-state index in [0.717, 1.165) is 10.9 Å². The fourth-order valence-corrected chi connectivity index (χ4v) is 1.94. The number of rotatable bonds is 3. The molecule has 0 fully saturated rings. The number of hydrogen-bond donors (Lipinski definition) is 1. The van der Waals surface area contributed by atoms with E-state index in [-0.39, 0.29) is 17.3 Å². The normalized spacial score (nSPS) is 10.9. The van der Waals surface area contributed by atoms with Crippen LogP contribution in [0.1, 0.15) is 17.4 Å². The van der Waals surface area contributed by atoms with Crippen molar-refractivity contribution in [3.05, 3.63) is 46.0 Å². The largest absolute Gasteiger partial charge is 0.315 e. The molecule has 22 heavy (non-hydrogen) atoms. The maximum absolute atomic E-state index is 13.5. The summed E-state index contributed by atoms with van der Waals surface area (Å²) in [5.41, 5.74) is -1.73. The number of nitrogens with zero attached hydrogens (tertiary/aromatic N) is 2. The third-order valence-corrected chi connectivity index (χ3v) is 3.03. The van der Waals surface area contributed by atoms with Crippen molar-refractivity contribution in [2.45, 2.75) is 13.5 Å². The van der Waals surface area contributed by atoms with Gasteiger partial charge in [0.25, 0.3) is 5.91 Å². The molecule has 1 aromatic carbocycles. The van der Waals surface area contributed by atoms with Crippen LogP contribution in [0.25, 0.3) is 0 Å². The highest BCUT2D eigenvalue weighted by Crippen LogP contribution is 2.28. The average Bonchev–Trinajstić information content (AvgIpc) is 2.88. The number of halogens is 6. The van der Waals surface area contributed by atoms with Crippen molar-refractivity contribution in [2.24, 2.45) is 0 Å². The molecule has 0 aliphatic rings. The summed E-state index contributed by atoms with van der Waals surface area (Å²) in [4.78, 5) is 12.0. The monoisotopic (exact) mass is 339 g/mol. The number of nitrogens with one attached hydrogen (secondary N) is 1. The van der Waals surface area contributed by atoms with E-state index in [4.69, 9.17) is 11.6 Å². The number of carbonyl (C=O) groups is 1. The van der Waals surface area contributed by atoms with Crippen molar-refractivity contribution in [2.75, 3.05) is 5.32 Å². The predicted molar refractivity (Wildman–Crippen MR) is 67.1 cm³/mol. The lowest BCUT2D eigenvalue weighted by atomic mass is 10.2. The smallest absolute Gasteiger partial charge is 0.275 e. The molecule has 0 saturated heterocycles. The molecular weight excluding hydrogens is 333 g/mol. The molecule has 1 N–H and O–H groups in total. The quantitative estimate of drug-likeness (QED) is 0.528. The second kappa shape index (κ2) is 5.91. The summed E-state index contributed by atoms with van der Waals surface area (Å²) in [6.45, 7) is 1.81. The fraction of sp³-hybridized carbons (Fsp3) is 0.167. The Labute approximate surface area is 125 Å². The molecule has 0 unspecified atom stereocenters. The second-order valence-corrected chi connectivity index (χ2v) is 4.46. The fourth-order valence-electron chi connectivity index (χ4n) is 1.72. The minimum atomic E-state index is -2.32. The second-order valence-electron chi connectivity index (χ2n) is 4.06. The highest BCUT2D eigenvalue weighted by molar-refractivity contribution is 6.34. The molecule has 1 aromatic heterocycles. The van der Waals surface area contributed by atoms with Crippen LogP contribution in [0.15, 0.2) is 6.20 Å². The van der Waals surface area contributed by atoms with E-state index < -0.39 is 40.7 Å². The Bertz CT molecular complexity index is 733. The summed E-state index contributed by atoms with van der Waals surface area (Å²) in [5, 5.41) is 5.21. The van der Waals surface area contributed by atoms with Crippen LogP contribution in [0, 0.1) is 29.1 Å². The van der Waals surface area contributed by atoms with E-state index in [0.29, 0.717) is 0 Å². The lowest BCUT2D eigenvalue weighted by Gasteiger charge is -2.10. The summed E-state index contributed by atoms with van der Waals surface area (Å²) in [5.74, 6) is -12.1. The number of aromatic nitrogens is 2. The molecule has 10 heteroatoms. The van der Waals surface area contributed by atoms with Gasteiger partial charge in [0.2, 0.25) is 5.82 Å². The maximum atomic E-state index is 13.5. The van der Waals surface area contributed by atoms with Gasteiger partial charge in [0.1, 0.15) is 11.4 Å². The number of carbonyl (C=O) groups excluding carboxylic acids is 1. The van der Waals surface area contributed by atoms with E-state index in [1.54, 1.807) is 12.2 Å². The Balaban J connectivity index is 2.48. The van der Waals surface area contributed by atoms with Gasteiger partial charge in [-0.1, -0.05) is 11.6 Å². The minimum absolute atomic E-state index is 0.136. The molecule has 2 rings (SSSR count). The molecule has 118 valence electrons. The Morgan fingerprint density at radius 1 is 1.14 bits per heavy atom. The molecule has 0 saturated carbocycles. The van der Waals surface area contributed by atoms with Crippen LogP contribution in [0.5, 0.6) is 0 Å². The molecule has 0 aliphatic carbocycles. The molecule has 0 spiro atoms. The summed E-state index contributed by atoms with van der Waals surface area (Å²) in [7, 11) is 0. The van der Waals surface area contributed by atoms with E-state index in [1.165, 1.54) is 0 Å². The summed E-state index contributed by atoms with van der Waals surface area (Å²) in [6.07, 6.45) is 1.11. The third kappa shape index (κ3) is 2.52. The van der Waals surface area contributed by atoms with Crippen LogP contribution in [0.2, 0.25) is 5.02 Å². The SMILES string of the molecule is CCn1ncc(Cl)c1C(=O)Nc1c(F)c(F)c(F)c(F)c1F. The highest BCUT2D eigenvalue weighted by Gasteiger charge is 2.28. The van der Waals surface area contributed by atoms with Gasteiger partial charge in [-0.25, -0.2) is 22.0 Å². The lowest BCUT2D eigenvalue weighted by Crippen LogP contribution is -2.20. The molecule has 0 atom stereocenters. The Morgan fingerprint density at radius 3 is 2.14 bits per heavy atom. The van der Waals surface area contributed by atoms with Crippen LogP contribution in [-0.2, 0) is 6.54 Å². The highest BCUT2D eigenvalue weighted by atomic mass is 35.5. The van der Waals surface area contributed by atoms with Gasteiger partial charge < -0.3 is 5.32 Å². The molecule has 0 radical (unpaired) electrons.